The van der Waals surface area contributed by atoms with Crippen molar-refractivity contribution in [1.82, 2.24) is 5.32 Å². The first kappa shape index (κ1) is 14.2. The largest absolute Gasteiger partial charge is 0.314 e. The molecule has 0 saturated carbocycles. The molecule has 90 valence electrons. The molecule has 1 N–H and O–H groups in total. The maximum Gasteiger partial charge on any atom is 0.159 e. The number of nitrogens with one attached hydrogen (secondary N) is 1. The lowest BCUT2D eigenvalue weighted by Crippen LogP contribution is -2.38. The number of hydrogen-bond donors (Lipinski definition) is 1. The van der Waals surface area contributed by atoms with Crippen LogP contribution in [-0.2, 0) is 9.84 Å². The normalized spacial score (nSPS) is 23.4. The Kier molecular flexibility index (Phi) is 5.03. The minimum Gasteiger partial charge on any atom is -0.314 e. The number of rotatable bonds is 1. The van der Waals surface area contributed by atoms with Crippen LogP contribution in [-0.4, -0.2) is 27.3 Å². The summed E-state index contributed by atoms with van der Waals surface area (Å²) in [7, 11) is -2.95. The first-order valence-electron chi connectivity index (χ1n) is 4.77. The smallest absolute Gasteiger partial charge is 0.159 e. The van der Waals surface area contributed by atoms with Gasteiger partial charge in [0.15, 0.2) is 9.84 Å². The van der Waals surface area contributed by atoms with Crippen LogP contribution in [0, 0.1) is 3.57 Å². The van der Waals surface area contributed by atoms with Crippen LogP contribution < -0.4 is 5.32 Å². The average molecular weight is 374 g/mol. The lowest BCUT2D eigenvalue weighted by Gasteiger charge is -2.23. The molecule has 16 heavy (non-hydrogen) atoms. The van der Waals surface area contributed by atoms with Crippen molar-refractivity contribution in [3.05, 3.63) is 33.4 Å². The zero-order chi connectivity index (χ0) is 10.9. The van der Waals surface area contributed by atoms with Crippen molar-refractivity contribution in [2.24, 2.45) is 0 Å². The van der Waals surface area contributed by atoms with Gasteiger partial charge in [-0.1, -0.05) is 12.1 Å². The minimum absolute atomic E-state index is 0. The third kappa shape index (κ3) is 3.09. The Hall–Kier alpha value is 0.150. The Bertz CT molecular complexity index is 446. The molecule has 1 aliphatic rings. The number of halogens is 2. The molecule has 3 nitrogen and oxygen atoms in total. The predicted octanol–water partition coefficient (Wildman–Crippen LogP) is 1.77. The van der Waals surface area contributed by atoms with E-state index in [1.807, 2.05) is 24.3 Å². The maximum atomic E-state index is 11.8. The van der Waals surface area contributed by atoms with Gasteiger partial charge in [0.05, 0.1) is 11.0 Å². The molecule has 2 rings (SSSR count). The second-order valence-corrected chi connectivity index (χ2v) is 7.16. The fourth-order valence-electron chi connectivity index (χ4n) is 1.72. The maximum absolute atomic E-state index is 11.8. The monoisotopic (exact) mass is 373 g/mol. The Morgan fingerprint density at radius 2 is 1.88 bits per heavy atom. The number of sulfone groups is 1. The molecule has 1 aromatic carbocycles. The topological polar surface area (TPSA) is 46.2 Å². The number of hydrogen-bond acceptors (Lipinski definition) is 3. The molecule has 0 aromatic heterocycles. The highest BCUT2D eigenvalue weighted by atomic mass is 127. The average Bonchev–Trinajstić information content (AvgIpc) is 2.19. The Balaban J connectivity index is 0.00000128. The van der Waals surface area contributed by atoms with Gasteiger partial charge in [0, 0.05) is 16.7 Å². The third-order valence-electron chi connectivity index (χ3n) is 2.57. The summed E-state index contributed by atoms with van der Waals surface area (Å²) in [6, 6.07) is 7.69. The summed E-state index contributed by atoms with van der Waals surface area (Å²) in [4.78, 5) is 0. The summed E-state index contributed by atoms with van der Waals surface area (Å²) < 4.78 is 24.8. The second-order valence-electron chi connectivity index (χ2n) is 3.61. The molecule has 1 heterocycles. The lowest BCUT2D eigenvalue weighted by atomic mass is 10.1. The minimum atomic E-state index is -2.95. The van der Waals surface area contributed by atoms with E-state index in [1.54, 1.807) is 0 Å². The first-order valence-corrected chi connectivity index (χ1v) is 7.57. The lowest BCUT2D eigenvalue weighted by molar-refractivity contribution is 0.551. The van der Waals surface area contributed by atoms with Crippen LogP contribution in [0.4, 0.5) is 0 Å². The Labute approximate surface area is 115 Å². The summed E-state index contributed by atoms with van der Waals surface area (Å²) >= 11 is 2.21. The van der Waals surface area contributed by atoms with Crippen LogP contribution >= 0.6 is 35.0 Å². The van der Waals surface area contributed by atoms with Crippen molar-refractivity contribution in [3.8, 4) is 0 Å². The van der Waals surface area contributed by atoms with E-state index in [9.17, 15) is 8.42 Å². The van der Waals surface area contributed by atoms with Crippen LogP contribution in [0.15, 0.2) is 24.3 Å². The second kappa shape index (κ2) is 5.66. The molecule has 1 unspecified atom stereocenters. The molecule has 1 aliphatic heterocycles. The zero-order valence-corrected chi connectivity index (χ0v) is 12.3. The van der Waals surface area contributed by atoms with E-state index in [0.29, 0.717) is 13.1 Å². The van der Waals surface area contributed by atoms with E-state index >= 15 is 0 Å². The molecule has 1 atom stereocenters. The molecule has 0 amide bonds. The summed E-state index contributed by atoms with van der Waals surface area (Å²) in [5, 5.41) is 2.75. The third-order valence-corrected chi connectivity index (χ3v) is 5.37. The van der Waals surface area contributed by atoms with E-state index in [-0.39, 0.29) is 23.4 Å². The van der Waals surface area contributed by atoms with Gasteiger partial charge in [0.2, 0.25) is 0 Å². The van der Waals surface area contributed by atoms with Gasteiger partial charge in [0.1, 0.15) is 0 Å². The van der Waals surface area contributed by atoms with Crippen molar-refractivity contribution in [2.45, 2.75) is 5.25 Å². The molecule has 1 saturated heterocycles. The van der Waals surface area contributed by atoms with E-state index in [4.69, 9.17) is 0 Å². The van der Waals surface area contributed by atoms with Gasteiger partial charge in [-0.25, -0.2) is 8.42 Å². The molecule has 6 heteroatoms. The van der Waals surface area contributed by atoms with Gasteiger partial charge in [-0.15, -0.1) is 12.4 Å². The molecular formula is C10H13ClINO2S. The van der Waals surface area contributed by atoms with Crippen molar-refractivity contribution in [3.63, 3.8) is 0 Å². The highest BCUT2D eigenvalue weighted by Crippen LogP contribution is 2.25. The highest BCUT2D eigenvalue weighted by molar-refractivity contribution is 14.1. The van der Waals surface area contributed by atoms with Gasteiger partial charge < -0.3 is 5.32 Å². The van der Waals surface area contributed by atoms with Crippen molar-refractivity contribution in [2.75, 3.05) is 18.8 Å². The highest BCUT2D eigenvalue weighted by Gasteiger charge is 2.29. The molecule has 0 spiro atoms. The van der Waals surface area contributed by atoms with Crippen molar-refractivity contribution >= 4 is 44.8 Å². The Morgan fingerprint density at radius 1 is 1.25 bits per heavy atom. The van der Waals surface area contributed by atoms with E-state index in [1.165, 1.54) is 0 Å². The molecule has 0 aliphatic carbocycles. The van der Waals surface area contributed by atoms with E-state index in [0.717, 1.165) is 9.13 Å². The van der Waals surface area contributed by atoms with Crippen LogP contribution in [0.1, 0.15) is 10.8 Å². The zero-order valence-electron chi connectivity index (χ0n) is 8.52. The molecule has 1 fully saturated rings. The predicted molar refractivity (Wildman–Crippen MR) is 75.8 cm³/mol. The van der Waals surface area contributed by atoms with Gasteiger partial charge in [-0.2, -0.15) is 0 Å². The van der Waals surface area contributed by atoms with Gasteiger partial charge in [0.25, 0.3) is 0 Å². The summed E-state index contributed by atoms with van der Waals surface area (Å²) in [6.07, 6.45) is 0. The van der Waals surface area contributed by atoms with Gasteiger partial charge >= 0.3 is 0 Å². The number of benzene rings is 1. The summed E-state index contributed by atoms with van der Waals surface area (Å²) in [6.45, 7) is 1.10. The summed E-state index contributed by atoms with van der Waals surface area (Å²) in [5.41, 5.74) is 0.891. The molecule has 0 bridgehead atoms. The molecular weight excluding hydrogens is 361 g/mol. The van der Waals surface area contributed by atoms with E-state index in [2.05, 4.69) is 27.9 Å². The fourth-order valence-corrected chi connectivity index (χ4v) is 3.74. The fraction of sp³-hybridized carbons (Fsp3) is 0.400. The standard InChI is InChI=1S/C10H12INO2S.ClH/c11-9-3-1-8(2-4-9)10-7-12-5-6-15(10,13)14;/h1-4,10,12H,5-7H2;1H. The van der Waals surface area contributed by atoms with E-state index < -0.39 is 9.84 Å². The molecule has 0 radical (unpaired) electrons. The Morgan fingerprint density at radius 3 is 2.44 bits per heavy atom. The molecule has 1 aromatic rings. The van der Waals surface area contributed by atoms with Crippen LogP contribution in [0.2, 0.25) is 0 Å². The van der Waals surface area contributed by atoms with Crippen molar-refractivity contribution < 1.29 is 8.42 Å². The van der Waals surface area contributed by atoms with Crippen LogP contribution in [0.5, 0.6) is 0 Å². The first-order chi connectivity index (χ1) is 7.09. The van der Waals surface area contributed by atoms with Gasteiger partial charge in [-0.3, -0.25) is 0 Å². The summed E-state index contributed by atoms with van der Waals surface area (Å²) in [5.74, 6) is 0.240. The van der Waals surface area contributed by atoms with Gasteiger partial charge in [-0.05, 0) is 40.3 Å². The van der Waals surface area contributed by atoms with Crippen LogP contribution in [0.3, 0.4) is 0 Å². The quantitative estimate of drug-likeness (QED) is 0.763. The van der Waals surface area contributed by atoms with Crippen molar-refractivity contribution in [1.29, 1.82) is 0 Å². The SMILES string of the molecule is Cl.O=S1(=O)CCNCC1c1ccc(I)cc1. The van der Waals surface area contributed by atoms with Crippen LogP contribution in [0.25, 0.3) is 0 Å².